The Morgan fingerprint density at radius 3 is 2.58 bits per heavy atom. The summed E-state index contributed by atoms with van der Waals surface area (Å²) in [4.78, 5) is 0. The van der Waals surface area contributed by atoms with E-state index in [9.17, 15) is 0 Å². The third-order valence-electron chi connectivity index (χ3n) is 3.11. The molecule has 0 amide bonds. The molecule has 0 fully saturated rings. The normalized spacial score (nSPS) is 10.6. The molecule has 19 heavy (non-hydrogen) atoms. The Morgan fingerprint density at radius 2 is 1.84 bits per heavy atom. The predicted molar refractivity (Wildman–Crippen MR) is 74.2 cm³/mol. The van der Waals surface area contributed by atoms with Gasteiger partial charge in [-0.05, 0) is 23.6 Å². The van der Waals surface area contributed by atoms with Crippen molar-refractivity contribution in [2.24, 2.45) is 0 Å². The van der Waals surface area contributed by atoms with Crippen LogP contribution in [0.3, 0.4) is 0 Å². The molecule has 4 nitrogen and oxygen atoms in total. The van der Waals surface area contributed by atoms with Gasteiger partial charge in [0.1, 0.15) is 5.75 Å². The molecular weight excluding hydrogens is 240 g/mol. The van der Waals surface area contributed by atoms with Crippen LogP contribution in [-0.2, 0) is 0 Å². The number of nitrogens with zero attached hydrogens (tertiary/aromatic N) is 2. The van der Waals surface area contributed by atoms with Gasteiger partial charge in [-0.2, -0.15) is 5.10 Å². The van der Waals surface area contributed by atoms with Gasteiger partial charge >= 0.3 is 0 Å². The quantitative estimate of drug-likeness (QED) is 0.720. The largest absolute Gasteiger partial charge is 0.497 e. The number of hydrogen-bond donors (Lipinski definition) is 0. The first kappa shape index (κ1) is 11.6. The molecule has 1 heterocycles. The van der Waals surface area contributed by atoms with Crippen molar-refractivity contribution in [2.75, 3.05) is 14.2 Å². The standard InChI is InChI=1S/C15H14N2O2/c1-18-12-7-6-11-4-3-5-15(14(11)8-12)17-10-13(19-2)9-16-17/h3-10H,1-2H3. The van der Waals surface area contributed by atoms with E-state index in [1.54, 1.807) is 25.1 Å². The minimum absolute atomic E-state index is 0.736. The Labute approximate surface area is 111 Å². The second-order valence-corrected chi connectivity index (χ2v) is 4.19. The fourth-order valence-electron chi connectivity index (χ4n) is 2.11. The molecule has 4 heteroatoms. The average molecular weight is 254 g/mol. The van der Waals surface area contributed by atoms with Gasteiger partial charge in [-0.3, -0.25) is 0 Å². The molecule has 0 aliphatic heterocycles. The summed E-state index contributed by atoms with van der Waals surface area (Å²) in [6.07, 6.45) is 3.55. The molecule has 1 aromatic heterocycles. The molecule has 0 aliphatic rings. The van der Waals surface area contributed by atoms with Gasteiger partial charge in [-0.15, -0.1) is 0 Å². The first-order chi connectivity index (χ1) is 9.31. The van der Waals surface area contributed by atoms with Crippen LogP contribution in [0.15, 0.2) is 48.8 Å². The number of hydrogen-bond acceptors (Lipinski definition) is 3. The van der Waals surface area contributed by atoms with Gasteiger partial charge in [0.2, 0.25) is 0 Å². The maximum atomic E-state index is 5.29. The summed E-state index contributed by atoms with van der Waals surface area (Å²) in [6.45, 7) is 0. The van der Waals surface area contributed by atoms with E-state index < -0.39 is 0 Å². The third-order valence-corrected chi connectivity index (χ3v) is 3.11. The molecule has 0 spiro atoms. The first-order valence-corrected chi connectivity index (χ1v) is 5.97. The number of methoxy groups -OCH3 is 2. The van der Waals surface area contributed by atoms with Crippen molar-refractivity contribution >= 4 is 10.8 Å². The van der Waals surface area contributed by atoms with E-state index in [-0.39, 0.29) is 0 Å². The summed E-state index contributed by atoms with van der Waals surface area (Å²) in [5.74, 6) is 1.57. The predicted octanol–water partition coefficient (Wildman–Crippen LogP) is 3.04. The number of rotatable bonds is 3. The second-order valence-electron chi connectivity index (χ2n) is 4.19. The summed E-state index contributed by atoms with van der Waals surface area (Å²) in [5, 5.41) is 6.55. The van der Waals surface area contributed by atoms with Crippen molar-refractivity contribution in [1.29, 1.82) is 0 Å². The minimum atomic E-state index is 0.736. The van der Waals surface area contributed by atoms with Crippen molar-refractivity contribution in [2.45, 2.75) is 0 Å². The van der Waals surface area contributed by atoms with Gasteiger partial charge in [-0.1, -0.05) is 18.2 Å². The number of fused-ring (bicyclic) bond motifs is 1. The topological polar surface area (TPSA) is 36.3 Å². The lowest BCUT2D eigenvalue weighted by Crippen LogP contribution is -1.95. The monoisotopic (exact) mass is 254 g/mol. The third kappa shape index (κ3) is 2.01. The van der Waals surface area contributed by atoms with Crippen LogP contribution in [0.4, 0.5) is 0 Å². The highest BCUT2D eigenvalue weighted by Crippen LogP contribution is 2.27. The Bertz CT molecular complexity index is 719. The summed E-state index contributed by atoms with van der Waals surface area (Å²) < 4.78 is 12.3. The van der Waals surface area contributed by atoms with Crippen molar-refractivity contribution in [1.82, 2.24) is 9.78 Å². The Kier molecular flexibility index (Phi) is 2.83. The molecule has 0 aliphatic carbocycles. The lowest BCUT2D eigenvalue weighted by atomic mass is 10.1. The van der Waals surface area contributed by atoms with Crippen molar-refractivity contribution in [3.63, 3.8) is 0 Å². The van der Waals surface area contributed by atoms with Crippen molar-refractivity contribution < 1.29 is 9.47 Å². The maximum absolute atomic E-state index is 5.29. The molecule has 3 aromatic rings. The lowest BCUT2D eigenvalue weighted by molar-refractivity contribution is 0.414. The zero-order valence-corrected chi connectivity index (χ0v) is 10.8. The van der Waals surface area contributed by atoms with Gasteiger partial charge in [0, 0.05) is 5.39 Å². The molecule has 0 atom stereocenters. The Morgan fingerprint density at radius 1 is 1.00 bits per heavy atom. The fraction of sp³-hybridized carbons (Fsp3) is 0.133. The molecular formula is C15H14N2O2. The second kappa shape index (κ2) is 4.65. The van der Waals surface area contributed by atoms with Gasteiger partial charge < -0.3 is 9.47 Å². The molecule has 0 saturated carbocycles. The Balaban J connectivity index is 2.21. The number of ether oxygens (including phenoxy) is 2. The molecule has 0 unspecified atom stereocenters. The van der Waals surface area contributed by atoms with Crippen LogP contribution in [0.5, 0.6) is 11.5 Å². The van der Waals surface area contributed by atoms with Crippen LogP contribution in [0, 0.1) is 0 Å². The first-order valence-electron chi connectivity index (χ1n) is 5.97. The summed E-state index contributed by atoms with van der Waals surface area (Å²) in [7, 11) is 3.30. The summed E-state index contributed by atoms with van der Waals surface area (Å²) in [6, 6.07) is 12.1. The highest BCUT2D eigenvalue weighted by Gasteiger charge is 2.06. The fourth-order valence-corrected chi connectivity index (χ4v) is 2.11. The summed E-state index contributed by atoms with van der Waals surface area (Å²) in [5.41, 5.74) is 1.000. The molecule has 96 valence electrons. The van der Waals surface area contributed by atoms with Gasteiger partial charge in [0.15, 0.2) is 5.75 Å². The van der Waals surface area contributed by atoms with Crippen molar-refractivity contribution in [3.05, 3.63) is 48.8 Å². The van der Waals surface area contributed by atoms with E-state index in [2.05, 4.69) is 11.2 Å². The molecule has 0 radical (unpaired) electrons. The van der Waals surface area contributed by atoms with E-state index in [0.29, 0.717) is 0 Å². The van der Waals surface area contributed by atoms with Crippen LogP contribution in [0.1, 0.15) is 0 Å². The lowest BCUT2D eigenvalue weighted by Gasteiger charge is -2.08. The highest BCUT2D eigenvalue weighted by atomic mass is 16.5. The molecule has 0 saturated heterocycles. The number of benzene rings is 2. The maximum Gasteiger partial charge on any atom is 0.157 e. The molecule has 2 aromatic carbocycles. The summed E-state index contributed by atoms with van der Waals surface area (Å²) >= 11 is 0. The van der Waals surface area contributed by atoms with Crippen LogP contribution in [-0.4, -0.2) is 24.0 Å². The van der Waals surface area contributed by atoms with Crippen molar-refractivity contribution in [3.8, 4) is 17.2 Å². The molecule has 0 bridgehead atoms. The molecule has 3 rings (SSSR count). The Hall–Kier alpha value is -2.49. The van der Waals surface area contributed by atoms with E-state index in [0.717, 1.165) is 28.0 Å². The van der Waals surface area contributed by atoms with E-state index in [1.165, 1.54) is 0 Å². The average Bonchev–Trinajstić information content (AvgIpc) is 2.94. The van der Waals surface area contributed by atoms with E-state index in [4.69, 9.17) is 9.47 Å². The molecule has 0 N–H and O–H groups in total. The smallest absolute Gasteiger partial charge is 0.157 e. The van der Waals surface area contributed by atoms with Gasteiger partial charge in [0.05, 0.1) is 32.3 Å². The van der Waals surface area contributed by atoms with E-state index >= 15 is 0 Å². The van der Waals surface area contributed by atoms with E-state index in [1.807, 2.05) is 36.5 Å². The van der Waals surface area contributed by atoms with Gasteiger partial charge in [-0.25, -0.2) is 4.68 Å². The van der Waals surface area contributed by atoms with Crippen LogP contribution in [0.2, 0.25) is 0 Å². The van der Waals surface area contributed by atoms with Crippen LogP contribution < -0.4 is 9.47 Å². The van der Waals surface area contributed by atoms with Gasteiger partial charge in [0.25, 0.3) is 0 Å². The number of aromatic nitrogens is 2. The minimum Gasteiger partial charge on any atom is -0.497 e. The zero-order chi connectivity index (χ0) is 13.2. The van der Waals surface area contributed by atoms with Crippen LogP contribution in [0.25, 0.3) is 16.5 Å². The highest BCUT2D eigenvalue weighted by molar-refractivity contribution is 5.91. The SMILES string of the molecule is COc1ccc2cccc(-n3cc(OC)cn3)c2c1. The zero-order valence-electron chi connectivity index (χ0n) is 10.8. The van der Waals surface area contributed by atoms with Crippen LogP contribution >= 0.6 is 0 Å².